The smallest absolute Gasteiger partial charge is 0.297 e. The molecule has 1 aromatic rings. The SMILES string of the molecule is CCC(C)C(=O)Cn1c(C)c(C)sc1=O. The number of aromatic nitrogens is 1. The summed E-state index contributed by atoms with van der Waals surface area (Å²) in [6.45, 7) is 7.91. The van der Waals surface area contributed by atoms with Crippen molar-refractivity contribution in [3.05, 3.63) is 20.2 Å². The number of hydrogen-bond acceptors (Lipinski definition) is 3. The van der Waals surface area contributed by atoms with E-state index in [4.69, 9.17) is 0 Å². The maximum absolute atomic E-state index is 11.7. The van der Waals surface area contributed by atoms with E-state index in [1.54, 1.807) is 4.57 Å². The van der Waals surface area contributed by atoms with Crippen LogP contribution in [0.5, 0.6) is 0 Å². The minimum Gasteiger partial charge on any atom is -0.297 e. The summed E-state index contributed by atoms with van der Waals surface area (Å²) in [5, 5.41) is 0. The van der Waals surface area contributed by atoms with Gasteiger partial charge in [0, 0.05) is 16.5 Å². The van der Waals surface area contributed by atoms with Gasteiger partial charge in [0.2, 0.25) is 0 Å². The van der Waals surface area contributed by atoms with Crippen LogP contribution < -0.4 is 4.87 Å². The molecule has 0 bridgehead atoms. The molecule has 15 heavy (non-hydrogen) atoms. The van der Waals surface area contributed by atoms with Crippen LogP contribution in [0.2, 0.25) is 0 Å². The van der Waals surface area contributed by atoms with Gasteiger partial charge in [0.1, 0.15) is 0 Å². The molecule has 3 nitrogen and oxygen atoms in total. The summed E-state index contributed by atoms with van der Waals surface area (Å²) < 4.78 is 1.58. The van der Waals surface area contributed by atoms with Crippen LogP contribution in [-0.2, 0) is 11.3 Å². The van der Waals surface area contributed by atoms with Gasteiger partial charge in [-0.25, -0.2) is 0 Å². The summed E-state index contributed by atoms with van der Waals surface area (Å²) >= 11 is 1.21. The highest BCUT2D eigenvalue weighted by Crippen LogP contribution is 2.11. The van der Waals surface area contributed by atoms with Crippen molar-refractivity contribution < 1.29 is 4.79 Å². The van der Waals surface area contributed by atoms with Crippen LogP contribution in [0.1, 0.15) is 30.8 Å². The van der Waals surface area contributed by atoms with Crippen molar-refractivity contribution in [3.8, 4) is 0 Å². The predicted molar refractivity (Wildman–Crippen MR) is 62.5 cm³/mol. The van der Waals surface area contributed by atoms with Crippen molar-refractivity contribution in [3.63, 3.8) is 0 Å². The highest BCUT2D eigenvalue weighted by Gasteiger charge is 2.15. The van der Waals surface area contributed by atoms with Crippen LogP contribution in [-0.4, -0.2) is 10.4 Å². The Morgan fingerprint density at radius 1 is 1.47 bits per heavy atom. The number of ketones is 1. The minimum absolute atomic E-state index is 0.0262. The molecule has 1 heterocycles. The Kier molecular flexibility index (Phi) is 3.85. The molecule has 0 aromatic carbocycles. The van der Waals surface area contributed by atoms with Crippen molar-refractivity contribution in [1.29, 1.82) is 0 Å². The van der Waals surface area contributed by atoms with Gasteiger partial charge in [-0.3, -0.25) is 14.2 Å². The molecule has 0 saturated carbocycles. The molecule has 1 rings (SSSR count). The molecule has 0 amide bonds. The zero-order valence-electron chi connectivity index (χ0n) is 9.66. The summed E-state index contributed by atoms with van der Waals surface area (Å²) in [5.41, 5.74) is 0.918. The molecule has 0 aliphatic heterocycles. The Bertz CT molecular complexity index is 417. The van der Waals surface area contributed by atoms with Gasteiger partial charge in [-0.15, -0.1) is 0 Å². The molecule has 0 radical (unpaired) electrons. The molecule has 0 fully saturated rings. The Hall–Kier alpha value is -0.900. The quantitative estimate of drug-likeness (QED) is 0.790. The van der Waals surface area contributed by atoms with Gasteiger partial charge in [0.05, 0.1) is 6.54 Å². The second-order valence-corrected chi connectivity index (χ2v) is 5.04. The van der Waals surface area contributed by atoms with E-state index in [0.717, 1.165) is 17.0 Å². The maximum atomic E-state index is 11.7. The Morgan fingerprint density at radius 3 is 2.47 bits per heavy atom. The van der Waals surface area contributed by atoms with Gasteiger partial charge in [-0.1, -0.05) is 25.2 Å². The van der Waals surface area contributed by atoms with Crippen molar-refractivity contribution in [2.45, 2.75) is 40.7 Å². The molecular weight excluding hydrogens is 210 g/mol. The second-order valence-electron chi connectivity index (χ2n) is 3.87. The van der Waals surface area contributed by atoms with E-state index in [2.05, 4.69) is 0 Å². The van der Waals surface area contributed by atoms with E-state index in [1.165, 1.54) is 11.3 Å². The van der Waals surface area contributed by atoms with Gasteiger partial charge in [0.25, 0.3) is 0 Å². The first-order valence-corrected chi connectivity index (χ1v) is 5.98. The normalized spacial score (nSPS) is 12.8. The third-order valence-corrected chi connectivity index (χ3v) is 3.85. The van der Waals surface area contributed by atoms with Crippen LogP contribution >= 0.6 is 11.3 Å². The lowest BCUT2D eigenvalue weighted by Crippen LogP contribution is -2.24. The molecule has 0 aliphatic rings. The van der Waals surface area contributed by atoms with E-state index in [9.17, 15) is 9.59 Å². The number of nitrogens with zero attached hydrogens (tertiary/aromatic N) is 1. The van der Waals surface area contributed by atoms with Crippen molar-refractivity contribution in [2.75, 3.05) is 0 Å². The first kappa shape index (κ1) is 12.2. The summed E-state index contributed by atoms with van der Waals surface area (Å²) in [6.07, 6.45) is 0.829. The topological polar surface area (TPSA) is 39.1 Å². The third kappa shape index (κ3) is 2.56. The predicted octanol–water partition coefficient (Wildman–Crippen LogP) is 2.14. The zero-order chi connectivity index (χ0) is 11.6. The van der Waals surface area contributed by atoms with Crippen LogP contribution in [0.15, 0.2) is 4.79 Å². The fourth-order valence-electron chi connectivity index (χ4n) is 1.31. The monoisotopic (exact) mass is 227 g/mol. The van der Waals surface area contributed by atoms with Gasteiger partial charge in [0.15, 0.2) is 5.78 Å². The average Bonchev–Trinajstić information content (AvgIpc) is 2.43. The molecule has 1 atom stereocenters. The largest absolute Gasteiger partial charge is 0.307 e. The molecule has 0 saturated heterocycles. The van der Waals surface area contributed by atoms with Crippen molar-refractivity contribution in [2.24, 2.45) is 5.92 Å². The zero-order valence-corrected chi connectivity index (χ0v) is 10.5. The summed E-state index contributed by atoms with van der Waals surface area (Å²) in [5.74, 6) is 0.178. The van der Waals surface area contributed by atoms with Crippen LogP contribution in [0.4, 0.5) is 0 Å². The lowest BCUT2D eigenvalue weighted by atomic mass is 10.0. The highest BCUT2D eigenvalue weighted by molar-refractivity contribution is 7.09. The van der Waals surface area contributed by atoms with E-state index < -0.39 is 0 Å². The number of thiazole rings is 1. The lowest BCUT2D eigenvalue weighted by Gasteiger charge is -2.08. The fraction of sp³-hybridized carbons (Fsp3) is 0.636. The maximum Gasteiger partial charge on any atom is 0.307 e. The number of hydrogen-bond donors (Lipinski definition) is 0. The Balaban J connectivity index is 2.90. The van der Waals surface area contributed by atoms with Crippen LogP contribution in [0.25, 0.3) is 0 Å². The summed E-state index contributed by atoms with van der Waals surface area (Å²) in [4.78, 5) is 24.2. The first-order valence-electron chi connectivity index (χ1n) is 5.16. The Morgan fingerprint density at radius 2 is 2.07 bits per heavy atom. The molecule has 0 N–H and O–H groups in total. The molecule has 0 aliphatic carbocycles. The van der Waals surface area contributed by atoms with Gasteiger partial charge in [-0.2, -0.15) is 0 Å². The molecular formula is C11H17NO2S. The van der Waals surface area contributed by atoms with Crippen LogP contribution in [0.3, 0.4) is 0 Å². The number of aryl methyl sites for hydroxylation is 1. The van der Waals surface area contributed by atoms with Crippen molar-refractivity contribution >= 4 is 17.1 Å². The van der Waals surface area contributed by atoms with Gasteiger partial charge < -0.3 is 0 Å². The highest BCUT2D eigenvalue weighted by atomic mass is 32.1. The Labute approximate surface area is 93.7 Å². The van der Waals surface area contributed by atoms with E-state index in [1.807, 2.05) is 27.7 Å². The first-order chi connectivity index (χ1) is 6.97. The van der Waals surface area contributed by atoms with Gasteiger partial charge >= 0.3 is 4.87 Å². The number of carbonyl (C=O) groups is 1. The molecule has 4 heteroatoms. The molecule has 1 aromatic heterocycles. The number of rotatable bonds is 4. The average molecular weight is 227 g/mol. The summed E-state index contributed by atoms with van der Waals surface area (Å²) in [7, 11) is 0. The van der Waals surface area contributed by atoms with E-state index >= 15 is 0 Å². The van der Waals surface area contributed by atoms with Gasteiger partial charge in [-0.05, 0) is 20.3 Å². The second kappa shape index (κ2) is 4.75. The molecule has 0 spiro atoms. The number of Topliss-reactive ketones (excluding diaryl/α,β-unsaturated/α-hetero) is 1. The van der Waals surface area contributed by atoms with E-state index in [0.29, 0.717) is 0 Å². The number of carbonyl (C=O) groups excluding carboxylic acids is 1. The van der Waals surface area contributed by atoms with Crippen LogP contribution in [0, 0.1) is 19.8 Å². The van der Waals surface area contributed by atoms with Crippen molar-refractivity contribution in [1.82, 2.24) is 4.57 Å². The van der Waals surface area contributed by atoms with E-state index in [-0.39, 0.29) is 23.1 Å². The third-order valence-electron chi connectivity index (χ3n) is 2.85. The minimum atomic E-state index is -0.0262. The summed E-state index contributed by atoms with van der Waals surface area (Å²) in [6, 6.07) is 0. The fourth-order valence-corrected chi connectivity index (χ4v) is 2.14. The molecule has 1 unspecified atom stereocenters. The standard InChI is InChI=1S/C11H17NO2S/c1-5-7(2)10(13)6-12-8(3)9(4)15-11(12)14/h7H,5-6H2,1-4H3. The molecule has 84 valence electrons. The lowest BCUT2D eigenvalue weighted by molar-refractivity contribution is -0.123.